The van der Waals surface area contributed by atoms with E-state index in [2.05, 4.69) is 6.92 Å². The lowest BCUT2D eigenvalue weighted by Crippen LogP contribution is -2.11. The fourth-order valence-electron chi connectivity index (χ4n) is 1.99. The van der Waals surface area contributed by atoms with E-state index < -0.39 is 5.82 Å². The molecule has 0 spiro atoms. The van der Waals surface area contributed by atoms with E-state index in [1.165, 1.54) is 6.07 Å². The molecular formula is C14H15FO. The normalized spacial score (nSPS) is 20.4. The molecule has 1 aromatic carbocycles. The topological polar surface area (TPSA) is 17.1 Å². The highest BCUT2D eigenvalue weighted by atomic mass is 19.1. The molecule has 1 nitrogen and oxygen atoms in total. The second kappa shape index (κ2) is 4.60. The molecule has 0 saturated carbocycles. The zero-order chi connectivity index (χ0) is 11.5. The Morgan fingerprint density at radius 2 is 2.12 bits per heavy atom. The van der Waals surface area contributed by atoms with Gasteiger partial charge >= 0.3 is 0 Å². The lowest BCUT2D eigenvalue weighted by Gasteiger charge is -2.17. The molecule has 0 amide bonds. The highest BCUT2D eigenvalue weighted by Crippen LogP contribution is 2.25. The van der Waals surface area contributed by atoms with Crippen molar-refractivity contribution in [1.29, 1.82) is 0 Å². The minimum absolute atomic E-state index is 0.148. The molecule has 2 heteroatoms. The van der Waals surface area contributed by atoms with Gasteiger partial charge in [-0.2, -0.15) is 0 Å². The van der Waals surface area contributed by atoms with Gasteiger partial charge in [0.25, 0.3) is 0 Å². The monoisotopic (exact) mass is 218 g/mol. The van der Waals surface area contributed by atoms with E-state index in [0.717, 1.165) is 24.8 Å². The Balaban J connectivity index is 2.23. The fraction of sp³-hybridized carbons (Fsp3) is 0.357. The van der Waals surface area contributed by atoms with Crippen molar-refractivity contribution in [3.63, 3.8) is 0 Å². The first-order valence-electron chi connectivity index (χ1n) is 5.66. The van der Waals surface area contributed by atoms with Gasteiger partial charge in [0, 0.05) is 0 Å². The molecule has 16 heavy (non-hydrogen) atoms. The average molecular weight is 218 g/mol. The van der Waals surface area contributed by atoms with Crippen molar-refractivity contribution in [2.75, 3.05) is 0 Å². The first-order chi connectivity index (χ1) is 7.68. The Bertz CT molecular complexity index is 434. The van der Waals surface area contributed by atoms with Crippen LogP contribution >= 0.6 is 0 Å². The first-order valence-corrected chi connectivity index (χ1v) is 5.66. The van der Waals surface area contributed by atoms with E-state index >= 15 is 0 Å². The van der Waals surface area contributed by atoms with Crippen molar-refractivity contribution in [3.05, 3.63) is 47.3 Å². The summed E-state index contributed by atoms with van der Waals surface area (Å²) in [4.78, 5) is 12.0. The Kier molecular flexibility index (Phi) is 3.18. The van der Waals surface area contributed by atoms with E-state index in [-0.39, 0.29) is 11.3 Å². The Morgan fingerprint density at radius 1 is 1.38 bits per heavy atom. The Hall–Kier alpha value is -1.44. The Morgan fingerprint density at radius 3 is 2.75 bits per heavy atom. The summed E-state index contributed by atoms with van der Waals surface area (Å²) in [5, 5.41) is 0. The van der Waals surface area contributed by atoms with Crippen LogP contribution in [0.5, 0.6) is 0 Å². The molecule has 0 heterocycles. The summed E-state index contributed by atoms with van der Waals surface area (Å²) in [5.41, 5.74) is 0.964. The van der Waals surface area contributed by atoms with Crippen LogP contribution in [0.15, 0.2) is 35.9 Å². The van der Waals surface area contributed by atoms with Crippen molar-refractivity contribution in [2.24, 2.45) is 5.92 Å². The summed E-state index contributed by atoms with van der Waals surface area (Å²) < 4.78 is 13.4. The van der Waals surface area contributed by atoms with Crippen molar-refractivity contribution in [3.8, 4) is 0 Å². The van der Waals surface area contributed by atoms with E-state index in [1.807, 2.05) is 6.08 Å². The second-order valence-electron chi connectivity index (χ2n) is 4.42. The summed E-state index contributed by atoms with van der Waals surface area (Å²) in [6, 6.07) is 6.18. The number of hydrogen-bond donors (Lipinski definition) is 0. The number of halogens is 1. The maximum absolute atomic E-state index is 13.4. The number of hydrogen-bond acceptors (Lipinski definition) is 1. The lowest BCUT2D eigenvalue weighted by molar-refractivity contribution is 0.102. The summed E-state index contributed by atoms with van der Waals surface area (Å²) in [5.74, 6) is 0.0641. The van der Waals surface area contributed by atoms with Crippen LogP contribution < -0.4 is 0 Å². The quantitative estimate of drug-likeness (QED) is 0.691. The molecule has 0 fully saturated rings. The third kappa shape index (κ3) is 2.21. The van der Waals surface area contributed by atoms with E-state index in [9.17, 15) is 9.18 Å². The maximum Gasteiger partial charge on any atom is 0.191 e. The minimum atomic E-state index is -0.424. The zero-order valence-corrected chi connectivity index (χ0v) is 9.37. The minimum Gasteiger partial charge on any atom is -0.289 e. The van der Waals surface area contributed by atoms with E-state index in [4.69, 9.17) is 0 Å². The van der Waals surface area contributed by atoms with Gasteiger partial charge in [-0.3, -0.25) is 4.79 Å². The predicted molar refractivity (Wildman–Crippen MR) is 61.8 cm³/mol. The SMILES string of the molecule is CC1CC=C(C(=O)c2ccccc2F)CC1. The van der Waals surface area contributed by atoms with Crippen LogP contribution in [0.25, 0.3) is 0 Å². The first kappa shape index (κ1) is 11.1. The molecule has 0 bridgehead atoms. The number of carbonyl (C=O) groups excluding carboxylic acids is 1. The molecule has 0 saturated heterocycles. The molecule has 0 N–H and O–H groups in total. The van der Waals surface area contributed by atoms with Gasteiger partial charge in [-0.1, -0.05) is 25.1 Å². The van der Waals surface area contributed by atoms with Crippen molar-refractivity contribution in [1.82, 2.24) is 0 Å². The highest BCUT2D eigenvalue weighted by Gasteiger charge is 2.19. The summed E-state index contributed by atoms with van der Waals surface area (Å²) >= 11 is 0. The average Bonchev–Trinajstić information content (AvgIpc) is 2.30. The molecule has 0 aliphatic heterocycles. The molecule has 0 aromatic heterocycles. The van der Waals surface area contributed by atoms with Crippen LogP contribution in [0.4, 0.5) is 4.39 Å². The standard InChI is InChI=1S/C14H15FO/c1-10-6-8-11(9-7-10)14(16)12-4-2-3-5-13(12)15/h2-5,8,10H,6-7,9H2,1H3. The van der Waals surface area contributed by atoms with Crippen LogP contribution in [-0.4, -0.2) is 5.78 Å². The third-order valence-electron chi connectivity index (χ3n) is 3.08. The van der Waals surface area contributed by atoms with Gasteiger partial charge in [-0.15, -0.1) is 0 Å². The van der Waals surface area contributed by atoms with Gasteiger partial charge < -0.3 is 0 Å². The zero-order valence-electron chi connectivity index (χ0n) is 9.37. The molecule has 2 rings (SSSR count). The van der Waals surface area contributed by atoms with Gasteiger partial charge in [0.05, 0.1) is 5.56 Å². The van der Waals surface area contributed by atoms with Gasteiger partial charge in [-0.05, 0) is 42.9 Å². The van der Waals surface area contributed by atoms with Crippen molar-refractivity contribution >= 4 is 5.78 Å². The number of allylic oxidation sites excluding steroid dienone is 2. The largest absolute Gasteiger partial charge is 0.289 e. The summed E-state index contributed by atoms with van der Waals surface area (Å²) in [6.45, 7) is 2.17. The fourth-order valence-corrected chi connectivity index (χ4v) is 1.99. The Labute approximate surface area is 95.0 Å². The van der Waals surface area contributed by atoms with Gasteiger partial charge in [0.1, 0.15) is 5.82 Å². The third-order valence-corrected chi connectivity index (χ3v) is 3.08. The molecule has 0 radical (unpaired) electrons. The predicted octanol–water partition coefficient (Wildman–Crippen LogP) is 3.75. The van der Waals surface area contributed by atoms with Gasteiger partial charge in [-0.25, -0.2) is 4.39 Å². The second-order valence-corrected chi connectivity index (χ2v) is 4.42. The molecule has 1 aliphatic carbocycles. The molecule has 1 aliphatic rings. The highest BCUT2D eigenvalue weighted by molar-refractivity contribution is 6.08. The summed E-state index contributed by atoms with van der Waals surface area (Å²) in [6.07, 6.45) is 4.68. The van der Waals surface area contributed by atoms with E-state index in [0.29, 0.717) is 5.92 Å². The van der Waals surface area contributed by atoms with Crippen LogP contribution in [0.3, 0.4) is 0 Å². The number of benzene rings is 1. The van der Waals surface area contributed by atoms with Crippen LogP contribution in [0.1, 0.15) is 36.5 Å². The van der Waals surface area contributed by atoms with Gasteiger partial charge in [0.2, 0.25) is 0 Å². The van der Waals surface area contributed by atoms with Gasteiger partial charge in [0.15, 0.2) is 5.78 Å². The van der Waals surface area contributed by atoms with Crippen LogP contribution in [0.2, 0.25) is 0 Å². The maximum atomic E-state index is 13.4. The van der Waals surface area contributed by atoms with Crippen LogP contribution in [-0.2, 0) is 0 Å². The number of ketones is 1. The van der Waals surface area contributed by atoms with Crippen molar-refractivity contribution < 1.29 is 9.18 Å². The number of Topliss-reactive ketones (excluding diaryl/α,β-unsaturated/α-hetero) is 1. The number of rotatable bonds is 2. The molecule has 1 unspecified atom stereocenters. The van der Waals surface area contributed by atoms with Crippen LogP contribution in [0, 0.1) is 11.7 Å². The molecule has 1 atom stereocenters. The molecular weight excluding hydrogens is 203 g/mol. The smallest absolute Gasteiger partial charge is 0.191 e. The molecule has 1 aromatic rings. The lowest BCUT2D eigenvalue weighted by atomic mass is 9.87. The number of carbonyl (C=O) groups is 1. The van der Waals surface area contributed by atoms with Crippen molar-refractivity contribution in [2.45, 2.75) is 26.2 Å². The van der Waals surface area contributed by atoms with E-state index in [1.54, 1.807) is 18.2 Å². The molecule has 84 valence electrons. The summed E-state index contributed by atoms with van der Waals surface area (Å²) in [7, 11) is 0.